The zero-order valence-corrected chi connectivity index (χ0v) is 14.9. The summed E-state index contributed by atoms with van der Waals surface area (Å²) in [5, 5.41) is 8.48. The fourth-order valence-corrected chi connectivity index (χ4v) is 3.81. The van der Waals surface area contributed by atoms with Crippen molar-refractivity contribution in [2.24, 2.45) is 5.73 Å². The molecule has 1 aromatic heterocycles. The molecule has 0 amide bonds. The number of pyridine rings is 1. The molecule has 2 aromatic rings. The van der Waals surface area contributed by atoms with Gasteiger partial charge in [0.2, 0.25) is 5.43 Å². The molecule has 1 saturated heterocycles. The zero-order chi connectivity index (χ0) is 20.3. The third kappa shape index (κ3) is 2.79. The lowest BCUT2D eigenvalue weighted by Gasteiger charge is -2.23. The Morgan fingerprint density at radius 1 is 1.36 bits per heavy atom. The Balaban J connectivity index is 2.04. The molecule has 2 aliphatic rings. The fourth-order valence-electron chi connectivity index (χ4n) is 3.81. The van der Waals surface area contributed by atoms with E-state index in [1.54, 1.807) is 0 Å². The average molecular weight is 397 g/mol. The Morgan fingerprint density at radius 3 is 2.57 bits per heavy atom. The third-order valence-corrected chi connectivity index (χ3v) is 5.31. The van der Waals surface area contributed by atoms with Crippen molar-refractivity contribution >= 4 is 22.7 Å². The standard InChI is InChI=1S/C18H18F3N3O4/c1-7-12-15(14(21)16(13(7)20)23-3-2-8(22)5-23)24(10-4-9(10)19)6-11(17(12)25)28-18(26)27/h6,8-10H,2-5,22H2,1H3,(H,26,27)/t8-,9-,10+/m0/s1. The van der Waals surface area contributed by atoms with Crippen molar-refractivity contribution in [1.29, 1.82) is 0 Å². The second kappa shape index (κ2) is 6.40. The number of halogens is 3. The van der Waals surface area contributed by atoms with Crippen LogP contribution in [0.15, 0.2) is 11.0 Å². The summed E-state index contributed by atoms with van der Waals surface area (Å²) in [5.41, 5.74) is 4.15. The van der Waals surface area contributed by atoms with Gasteiger partial charge in [-0.25, -0.2) is 18.0 Å². The van der Waals surface area contributed by atoms with Crippen LogP contribution in [-0.4, -0.2) is 41.1 Å². The predicted octanol–water partition coefficient (Wildman–Crippen LogP) is 2.47. The molecular weight excluding hydrogens is 379 g/mol. The van der Waals surface area contributed by atoms with Crippen LogP contribution in [-0.2, 0) is 0 Å². The van der Waals surface area contributed by atoms with Gasteiger partial charge in [0.15, 0.2) is 17.4 Å². The van der Waals surface area contributed by atoms with Gasteiger partial charge in [-0.05, 0) is 13.3 Å². The molecule has 3 atom stereocenters. The number of benzene rings is 1. The summed E-state index contributed by atoms with van der Waals surface area (Å²) in [4.78, 5) is 25.0. The maximum Gasteiger partial charge on any atom is 0.511 e. The van der Waals surface area contributed by atoms with E-state index in [4.69, 9.17) is 10.8 Å². The van der Waals surface area contributed by atoms with Crippen molar-refractivity contribution in [2.45, 2.75) is 38.0 Å². The molecule has 1 saturated carbocycles. The molecule has 10 heteroatoms. The molecule has 150 valence electrons. The number of fused-ring (bicyclic) bond motifs is 1. The van der Waals surface area contributed by atoms with Gasteiger partial charge < -0.3 is 25.0 Å². The minimum absolute atomic E-state index is 0.0737. The van der Waals surface area contributed by atoms with Gasteiger partial charge in [-0.3, -0.25) is 4.79 Å². The second-order valence-electron chi connectivity index (χ2n) is 7.24. The highest BCUT2D eigenvalue weighted by Crippen LogP contribution is 2.43. The molecule has 3 N–H and O–H groups in total. The van der Waals surface area contributed by atoms with Gasteiger partial charge in [0.05, 0.1) is 23.1 Å². The number of aromatic nitrogens is 1. The van der Waals surface area contributed by atoms with Gasteiger partial charge in [0.1, 0.15) is 11.9 Å². The van der Waals surface area contributed by atoms with E-state index >= 15 is 8.78 Å². The van der Waals surface area contributed by atoms with Crippen molar-refractivity contribution in [3.63, 3.8) is 0 Å². The SMILES string of the molecule is Cc1c(F)c(N2CC[C@H](N)C2)c(F)c2c1c(=O)c(OC(=O)O)cn2[C@@H]1C[C@@H]1F. The summed E-state index contributed by atoms with van der Waals surface area (Å²) in [7, 11) is 0. The van der Waals surface area contributed by atoms with Crippen LogP contribution in [0, 0.1) is 18.6 Å². The molecule has 1 aliphatic heterocycles. The highest BCUT2D eigenvalue weighted by Gasteiger charge is 2.41. The van der Waals surface area contributed by atoms with E-state index < -0.39 is 41.2 Å². The van der Waals surface area contributed by atoms with Crippen LogP contribution >= 0.6 is 0 Å². The summed E-state index contributed by atoms with van der Waals surface area (Å²) in [6, 6.07) is -1.02. The number of anilines is 1. The maximum absolute atomic E-state index is 15.5. The molecule has 0 bridgehead atoms. The Kier molecular flexibility index (Phi) is 4.25. The van der Waals surface area contributed by atoms with Gasteiger partial charge in [0, 0.05) is 31.1 Å². The van der Waals surface area contributed by atoms with Crippen LogP contribution in [0.1, 0.15) is 24.4 Å². The number of alkyl halides is 1. The average Bonchev–Trinajstić information content (AvgIpc) is 3.19. The quantitative estimate of drug-likeness (QED) is 0.773. The molecule has 1 aliphatic carbocycles. The molecular formula is C18H18F3N3O4. The first-order valence-corrected chi connectivity index (χ1v) is 8.82. The van der Waals surface area contributed by atoms with Gasteiger partial charge >= 0.3 is 6.16 Å². The van der Waals surface area contributed by atoms with Crippen molar-refractivity contribution < 1.29 is 27.8 Å². The number of ether oxygens (including phenoxy) is 1. The number of hydrogen-bond acceptors (Lipinski definition) is 5. The monoisotopic (exact) mass is 397 g/mol. The van der Waals surface area contributed by atoms with Crippen LogP contribution in [0.4, 0.5) is 23.7 Å². The number of hydrogen-bond donors (Lipinski definition) is 2. The van der Waals surface area contributed by atoms with E-state index in [2.05, 4.69) is 4.74 Å². The highest BCUT2D eigenvalue weighted by molar-refractivity contribution is 5.89. The van der Waals surface area contributed by atoms with Crippen LogP contribution in [0.5, 0.6) is 5.75 Å². The van der Waals surface area contributed by atoms with Gasteiger partial charge in [-0.1, -0.05) is 0 Å². The minimum Gasteiger partial charge on any atom is -0.449 e. The van der Waals surface area contributed by atoms with E-state index in [1.165, 1.54) is 11.8 Å². The topological polar surface area (TPSA) is 97.8 Å². The summed E-state index contributed by atoms with van der Waals surface area (Å²) in [5.74, 6) is -2.55. The Bertz CT molecular complexity index is 1060. The lowest BCUT2D eigenvalue weighted by molar-refractivity contribution is 0.143. The number of carbonyl (C=O) groups is 1. The van der Waals surface area contributed by atoms with Crippen molar-refractivity contribution in [3.05, 3.63) is 33.6 Å². The number of rotatable bonds is 3. The van der Waals surface area contributed by atoms with E-state index in [0.29, 0.717) is 13.0 Å². The number of nitrogens with zero attached hydrogens (tertiary/aromatic N) is 2. The number of aryl methyl sites for hydroxylation is 1. The summed E-state index contributed by atoms with van der Waals surface area (Å²) in [6.45, 7) is 1.89. The van der Waals surface area contributed by atoms with Crippen LogP contribution in [0.2, 0.25) is 0 Å². The van der Waals surface area contributed by atoms with Gasteiger partial charge in [-0.2, -0.15) is 0 Å². The molecule has 0 spiro atoms. The number of nitrogens with two attached hydrogens (primary N) is 1. The lowest BCUT2D eigenvalue weighted by atomic mass is 10.0. The van der Waals surface area contributed by atoms with E-state index in [9.17, 15) is 14.0 Å². The summed E-state index contributed by atoms with van der Waals surface area (Å²) in [6.07, 6.45) is -1.43. The van der Waals surface area contributed by atoms with Crippen LogP contribution in [0.25, 0.3) is 10.9 Å². The van der Waals surface area contributed by atoms with Crippen LogP contribution < -0.4 is 20.8 Å². The normalized spacial score (nSPS) is 24.0. The first-order valence-electron chi connectivity index (χ1n) is 8.82. The van der Waals surface area contributed by atoms with E-state index in [0.717, 1.165) is 10.8 Å². The lowest BCUT2D eigenvalue weighted by Crippen LogP contribution is -2.28. The Hall–Kier alpha value is -2.75. The molecule has 0 radical (unpaired) electrons. The first-order chi connectivity index (χ1) is 13.2. The Morgan fingerprint density at radius 2 is 2.04 bits per heavy atom. The molecule has 0 unspecified atom stereocenters. The number of carboxylic acid groups (broad SMARTS) is 1. The predicted molar refractivity (Wildman–Crippen MR) is 94.9 cm³/mol. The molecule has 4 rings (SSSR count). The third-order valence-electron chi connectivity index (χ3n) is 5.31. The second-order valence-corrected chi connectivity index (χ2v) is 7.24. The largest absolute Gasteiger partial charge is 0.511 e. The zero-order valence-electron chi connectivity index (χ0n) is 14.9. The van der Waals surface area contributed by atoms with Gasteiger partial charge in [-0.15, -0.1) is 0 Å². The van der Waals surface area contributed by atoms with Crippen molar-refractivity contribution in [3.8, 4) is 5.75 Å². The molecule has 2 heterocycles. The molecule has 2 fully saturated rings. The smallest absolute Gasteiger partial charge is 0.449 e. The van der Waals surface area contributed by atoms with E-state index in [1.807, 2.05) is 0 Å². The molecule has 28 heavy (non-hydrogen) atoms. The maximum atomic E-state index is 15.5. The molecule has 7 nitrogen and oxygen atoms in total. The van der Waals surface area contributed by atoms with Crippen molar-refractivity contribution in [1.82, 2.24) is 4.57 Å². The van der Waals surface area contributed by atoms with Gasteiger partial charge in [0.25, 0.3) is 0 Å². The van der Waals surface area contributed by atoms with Crippen LogP contribution in [0.3, 0.4) is 0 Å². The van der Waals surface area contributed by atoms with Crippen molar-refractivity contribution in [2.75, 3.05) is 18.0 Å². The fraction of sp³-hybridized carbons (Fsp3) is 0.444. The highest BCUT2D eigenvalue weighted by atomic mass is 19.1. The molecule has 1 aromatic carbocycles. The first kappa shape index (κ1) is 18.6. The summed E-state index contributed by atoms with van der Waals surface area (Å²) < 4.78 is 49.9. The summed E-state index contributed by atoms with van der Waals surface area (Å²) >= 11 is 0. The Labute approximate surface area is 157 Å². The minimum atomic E-state index is -1.75. The van der Waals surface area contributed by atoms with E-state index in [-0.39, 0.29) is 41.2 Å².